The Morgan fingerprint density at radius 2 is 2.20 bits per heavy atom. The summed E-state index contributed by atoms with van der Waals surface area (Å²) in [6.07, 6.45) is 1.10. The van der Waals surface area contributed by atoms with Gasteiger partial charge in [0.25, 0.3) is 0 Å². The van der Waals surface area contributed by atoms with Crippen LogP contribution in [-0.2, 0) is 9.53 Å². The van der Waals surface area contributed by atoms with Crippen LogP contribution in [0, 0.1) is 5.92 Å². The first kappa shape index (κ1) is 12.5. The maximum atomic E-state index is 11.5. The summed E-state index contributed by atoms with van der Waals surface area (Å²) < 4.78 is 5.26. The number of ether oxygens (including phenoxy) is 1. The molecule has 88 valence electrons. The monoisotopic (exact) mass is 214 g/mol. The van der Waals surface area contributed by atoms with Gasteiger partial charge in [0.05, 0.1) is 6.54 Å². The van der Waals surface area contributed by atoms with Gasteiger partial charge in [-0.05, 0) is 46.2 Å². The molecular formula is C11H22N2O2. The fraction of sp³-hybridized carbons (Fsp3) is 0.909. The molecule has 1 fully saturated rings. The molecule has 0 bridgehead atoms. The van der Waals surface area contributed by atoms with Gasteiger partial charge in [-0.25, -0.2) is 0 Å². The molecule has 0 aromatic heterocycles. The highest BCUT2D eigenvalue weighted by atomic mass is 16.6. The van der Waals surface area contributed by atoms with E-state index in [0.717, 1.165) is 19.5 Å². The Hall–Kier alpha value is -0.610. The molecule has 1 aliphatic rings. The summed E-state index contributed by atoms with van der Waals surface area (Å²) in [6.45, 7) is 8.65. The summed E-state index contributed by atoms with van der Waals surface area (Å²) >= 11 is 0. The Kier molecular flexibility index (Phi) is 4.11. The molecular weight excluding hydrogens is 192 g/mol. The maximum absolute atomic E-state index is 11.5. The lowest BCUT2D eigenvalue weighted by molar-refractivity contribution is -0.155. The van der Waals surface area contributed by atoms with Crippen LogP contribution in [0.25, 0.3) is 0 Å². The molecule has 1 aliphatic heterocycles. The maximum Gasteiger partial charge on any atom is 0.320 e. The van der Waals surface area contributed by atoms with E-state index in [9.17, 15) is 4.79 Å². The second-order valence-corrected chi connectivity index (χ2v) is 5.21. The second kappa shape index (κ2) is 4.94. The molecule has 1 atom stereocenters. The van der Waals surface area contributed by atoms with Crippen LogP contribution in [0.3, 0.4) is 0 Å². The molecule has 1 heterocycles. The van der Waals surface area contributed by atoms with Crippen molar-refractivity contribution in [2.75, 3.05) is 26.2 Å². The number of hydrogen-bond donors (Lipinski definition) is 1. The fourth-order valence-electron chi connectivity index (χ4n) is 1.81. The van der Waals surface area contributed by atoms with Gasteiger partial charge in [0.1, 0.15) is 5.60 Å². The smallest absolute Gasteiger partial charge is 0.320 e. The Balaban J connectivity index is 2.28. The van der Waals surface area contributed by atoms with Crippen LogP contribution in [-0.4, -0.2) is 42.6 Å². The number of esters is 1. The van der Waals surface area contributed by atoms with Gasteiger partial charge in [-0.3, -0.25) is 9.69 Å². The van der Waals surface area contributed by atoms with Crippen molar-refractivity contribution in [3.63, 3.8) is 0 Å². The second-order valence-electron chi connectivity index (χ2n) is 5.21. The summed E-state index contributed by atoms with van der Waals surface area (Å²) in [5.74, 6) is 0.410. The number of likely N-dealkylation sites (tertiary alicyclic amines) is 1. The Morgan fingerprint density at radius 1 is 1.53 bits per heavy atom. The van der Waals surface area contributed by atoms with E-state index in [2.05, 4.69) is 4.90 Å². The normalized spacial score (nSPS) is 23.1. The molecule has 2 N–H and O–H groups in total. The van der Waals surface area contributed by atoms with Crippen molar-refractivity contribution in [2.24, 2.45) is 11.7 Å². The topological polar surface area (TPSA) is 55.6 Å². The standard InChI is InChI=1S/C11H22N2O2/c1-11(2,3)15-10(14)8-13-5-4-9(6-12)7-13/h9H,4-8,12H2,1-3H3. The molecule has 0 aromatic rings. The van der Waals surface area contributed by atoms with Crippen molar-refractivity contribution in [1.82, 2.24) is 4.90 Å². The predicted octanol–water partition coefficient (Wildman–Crippen LogP) is 0.609. The average Bonchev–Trinajstić information content (AvgIpc) is 2.48. The lowest BCUT2D eigenvalue weighted by atomic mass is 10.1. The molecule has 0 saturated carbocycles. The van der Waals surface area contributed by atoms with E-state index >= 15 is 0 Å². The third-order valence-corrected chi connectivity index (χ3v) is 2.48. The fourth-order valence-corrected chi connectivity index (χ4v) is 1.81. The molecule has 1 rings (SSSR count). The van der Waals surface area contributed by atoms with Crippen LogP contribution < -0.4 is 5.73 Å². The molecule has 0 aromatic carbocycles. The minimum atomic E-state index is -0.385. The zero-order valence-corrected chi connectivity index (χ0v) is 9.95. The minimum Gasteiger partial charge on any atom is -0.459 e. The summed E-state index contributed by atoms with van der Waals surface area (Å²) in [7, 11) is 0. The average molecular weight is 214 g/mol. The number of nitrogens with two attached hydrogens (primary N) is 1. The summed E-state index contributed by atoms with van der Waals surface area (Å²) in [6, 6.07) is 0. The Labute approximate surface area is 91.8 Å². The molecule has 4 nitrogen and oxygen atoms in total. The highest BCUT2D eigenvalue weighted by molar-refractivity contribution is 5.72. The molecule has 0 aliphatic carbocycles. The first-order chi connectivity index (χ1) is 6.90. The van der Waals surface area contributed by atoms with E-state index < -0.39 is 0 Å². The summed E-state index contributed by atoms with van der Waals surface area (Å²) in [5.41, 5.74) is 5.20. The lowest BCUT2D eigenvalue weighted by Crippen LogP contribution is -2.34. The number of nitrogens with zero attached hydrogens (tertiary/aromatic N) is 1. The van der Waals surface area contributed by atoms with Crippen molar-refractivity contribution in [1.29, 1.82) is 0 Å². The van der Waals surface area contributed by atoms with Gasteiger partial charge < -0.3 is 10.5 Å². The summed E-state index contributed by atoms with van der Waals surface area (Å²) in [5, 5.41) is 0. The van der Waals surface area contributed by atoms with Crippen LogP contribution in [0.2, 0.25) is 0 Å². The van der Waals surface area contributed by atoms with Crippen molar-refractivity contribution >= 4 is 5.97 Å². The Bertz CT molecular complexity index is 223. The molecule has 4 heteroatoms. The zero-order chi connectivity index (χ0) is 11.5. The molecule has 1 unspecified atom stereocenters. The first-order valence-electron chi connectivity index (χ1n) is 5.55. The van der Waals surface area contributed by atoms with Gasteiger partial charge >= 0.3 is 5.97 Å². The third kappa shape index (κ3) is 4.62. The van der Waals surface area contributed by atoms with Crippen LogP contribution in [0.15, 0.2) is 0 Å². The molecule has 15 heavy (non-hydrogen) atoms. The van der Waals surface area contributed by atoms with Crippen LogP contribution in [0.4, 0.5) is 0 Å². The first-order valence-corrected chi connectivity index (χ1v) is 5.55. The SMILES string of the molecule is CC(C)(C)OC(=O)CN1CCC(CN)C1. The van der Waals surface area contributed by atoms with Gasteiger partial charge in [-0.15, -0.1) is 0 Å². The van der Waals surface area contributed by atoms with Gasteiger partial charge in [0.15, 0.2) is 0 Å². The number of carbonyl (C=O) groups is 1. The van der Waals surface area contributed by atoms with Crippen molar-refractivity contribution in [2.45, 2.75) is 32.8 Å². The number of hydrogen-bond acceptors (Lipinski definition) is 4. The molecule has 0 radical (unpaired) electrons. The van der Waals surface area contributed by atoms with Crippen molar-refractivity contribution in [3.8, 4) is 0 Å². The van der Waals surface area contributed by atoms with E-state index in [-0.39, 0.29) is 11.6 Å². The lowest BCUT2D eigenvalue weighted by Gasteiger charge is -2.22. The third-order valence-electron chi connectivity index (χ3n) is 2.48. The van der Waals surface area contributed by atoms with Gasteiger partial charge in [0.2, 0.25) is 0 Å². The van der Waals surface area contributed by atoms with Crippen LogP contribution in [0.5, 0.6) is 0 Å². The van der Waals surface area contributed by atoms with Crippen LogP contribution in [0.1, 0.15) is 27.2 Å². The van der Waals surface area contributed by atoms with E-state index in [1.165, 1.54) is 0 Å². The van der Waals surface area contributed by atoms with Gasteiger partial charge in [-0.2, -0.15) is 0 Å². The quantitative estimate of drug-likeness (QED) is 0.699. The van der Waals surface area contributed by atoms with Crippen molar-refractivity contribution < 1.29 is 9.53 Å². The van der Waals surface area contributed by atoms with Gasteiger partial charge in [0, 0.05) is 6.54 Å². The van der Waals surface area contributed by atoms with Crippen molar-refractivity contribution in [3.05, 3.63) is 0 Å². The molecule has 0 amide bonds. The number of carbonyl (C=O) groups excluding carboxylic acids is 1. The van der Waals surface area contributed by atoms with E-state index in [4.69, 9.17) is 10.5 Å². The van der Waals surface area contributed by atoms with E-state index in [0.29, 0.717) is 19.0 Å². The largest absolute Gasteiger partial charge is 0.459 e. The molecule has 1 saturated heterocycles. The zero-order valence-electron chi connectivity index (χ0n) is 9.95. The Morgan fingerprint density at radius 3 is 2.67 bits per heavy atom. The summed E-state index contributed by atoms with van der Waals surface area (Å²) in [4.78, 5) is 13.6. The van der Waals surface area contributed by atoms with E-state index in [1.807, 2.05) is 20.8 Å². The highest BCUT2D eigenvalue weighted by Crippen LogP contribution is 2.15. The number of rotatable bonds is 3. The van der Waals surface area contributed by atoms with Crippen LogP contribution >= 0.6 is 0 Å². The highest BCUT2D eigenvalue weighted by Gasteiger charge is 2.25. The molecule has 0 spiro atoms. The van der Waals surface area contributed by atoms with Gasteiger partial charge in [-0.1, -0.05) is 0 Å². The predicted molar refractivity (Wildman–Crippen MR) is 59.4 cm³/mol. The minimum absolute atomic E-state index is 0.139. The van der Waals surface area contributed by atoms with E-state index in [1.54, 1.807) is 0 Å².